The lowest BCUT2D eigenvalue weighted by molar-refractivity contribution is -0.137. The van der Waals surface area contributed by atoms with Crippen molar-refractivity contribution in [2.45, 2.75) is 6.92 Å². The van der Waals surface area contributed by atoms with E-state index in [0.717, 1.165) is 26.1 Å². The summed E-state index contributed by atoms with van der Waals surface area (Å²) in [5.41, 5.74) is 1.85. The van der Waals surface area contributed by atoms with Crippen LogP contribution in [0.3, 0.4) is 0 Å². The zero-order valence-corrected chi connectivity index (χ0v) is 14.2. The van der Waals surface area contributed by atoms with Crippen LogP contribution in [-0.4, -0.2) is 12.6 Å². The minimum atomic E-state index is -0.332. The van der Waals surface area contributed by atoms with E-state index >= 15 is 0 Å². The molecule has 1 heterocycles. The number of thiophene rings is 1. The SMILES string of the molecule is CCOC(=O)C=C(c1ccccc1)c1cc2cc(Cl)ccc2s1. The van der Waals surface area contributed by atoms with Crippen molar-refractivity contribution in [2.75, 3.05) is 6.61 Å². The van der Waals surface area contributed by atoms with Gasteiger partial charge in [0.15, 0.2) is 0 Å². The third-order valence-electron chi connectivity index (χ3n) is 3.38. The Bertz CT molecular complexity index is 865. The number of carbonyl (C=O) groups excluding carboxylic acids is 1. The summed E-state index contributed by atoms with van der Waals surface area (Å²) in [7, 11) is 0. The van der Waals surface area contributed by atoms with Crippen LogP contribution in [-0.2, 0) is 9.53 Å². The Hall–Kier alpha value is -2.10. The minimum absolute atomic E-state index is 0.332. The van der Waals surface area contributed by atoms with Gasteiger partial charge in [-0.25, -0.2) is 4.79 Å². The third-order valence-corrected chi connectivity index (χ3v) is 4.76. The van der Waals surface area contributed by atoms with Crippen molar-refractivity contribution in [3.05, 3.63) is 76.1 Å². The van der Waals surface area contributed by atoms with E-state index in [9.17, 15) is 4.79 Å². The van der Waals surface area contributed by atoms with E-state index in [1.165, 1.54) is 0 Å². The smallest absolute Gasteiger partial charge is 0.331 e. The van der Waals surface area contributed by atoms with E-state index in [2.05, 4.69) is 6.07 Å². The third kappa shape index (κ3) is 3.63. The quantitative estimate of drug-likeness (QED) is 0.459. The molecular weight excluding hydrogens is 328 g/mol. The molecule has 2 nitrogen and oxygen atoms in total. The van der Waals surface area contributed by atoms with Crippen LogP contribution in [0.2, 0.25) is 5.02 Å². The summed E-state index contributed by atoms with van der Waals surface area (Å²) in [6, 6.07) is 17.7. The molecule has 0 unspecified atom stereocenters. The largest absolute Gasteiger partial charge is 0.463 e. The zero-order chi connectivity index (χ0) is 16.2. The normalized spacial score (nSPS) is 11.7. The van der Waals surface area contributed by atoms with Crippen molar-refractivity contribution >= 4 is 44.6 Å². The molecule has 0 aliphatic rings. The fourth-order valence-electron chi connectivity index (χ4n) is 2.36. The molecular formula is C19H15ClO2S. The number of fused-ring (bicyclic) bond motifs is 1. The van der Waals surface area contributed by atoms with Crippen LogP contribution in [0.1, 0.15) is 17.4 Å². The molecule has 0 amide bonds. The molecule has 0 saturated heterocycles. The molecule has 0 aliphatic heterocycles. The summed E-state index contributed by atoms with van der Waals surface area (Å²) in [6.45, 7) is 2.16. The molecule has 0 radical (unpaired) electrons. The second-order valence-electron chi connectivity index (χ2n) is 4.97. The number of rotatable bonds is 4. The summed E-state index contributed by atoms with van der Waals surface area (Å²) in [5.74, 6) is -0.332. The maximum atomic E-state index is 12.0. The number of halogens is 1. The van der Waals surface area contributed by atoms with Gasteiger partial charge in [-0.2, -0.15) is 0 Å². The average molecular weight is 343 g/mol. The van der Waals surface area contributed by atoms with Crippen LogP contribution < -0.4 is 0 Å². The van der Waals surface area contributed by atoms with Gasteiger partial charge in [-0.1, -0.05) is 41.9 Å². The molecule has 3 rings (SSSR count). The van der Waals surface area contributed by atoms with E-state index in [1.54, 1.807) is 24.3 Å². The van der Waals surface area contributed by atoms with Crippen LogP contribution in [0, 0.1) is 0 Å². The Kier molecular flexibility index (Phi) is 4.79. The number of carbonyl (C=O) groups is 1. The van der Waals surface area contributed by atoms with Crippen LogP contribution >= 0.6 is 22.9 Å². The molecule has 0 N–H and O–H groups in total. The lowest BCUT2D eigenvalue weighted by Gasteiger charge is -2.05. The first kappa shape index (κ1) is 15.8. The van der Waals surface area contributed by atoms with Crippen molar-refractivity contribution < 1.29 is 9.53 Å². The Labute approximate surface area is 144 Å². The highest BCUT2D eigenvalue weighted by Gasteiger charge is 2.12. The minimum Gasteiger partial charge on any atom is -0.463 e. The zero-order valence-electron chi connectivity index (χ0n) is 12.6. The fourth-order valence-corrected chi connectivity index (χ4v) is 3.63. The molecule has 4 heteroatoms. The molecule has 23 heavy (non-hydrogen) atoms. The fraction of sp³-hybridized carbons (Fsp3) is 0.105. The van der Waals surface area contributed by atoms with E-state index < -0.39 is 0 Å². The molecule has 1 aromatic heterocycles. The number of ether oxygens (including phenoxy) is 1. The Morgan fingerprint density at radius 3 is 2.70 bits per heavy atom. The summed E-state index contributed by atoms with van der Waals surface area (Å²) >= 11 is 7.70. The number of esters is 1. The number of hydrogen-bond donors (Lipinski definition) is 0. The molecule has 0 spiro atoms. The van der Waals surface area contributed by atoms with Gasteiger partial charge in [0.25, 0.3) is 0 Å². The van der Waals surface area contributed by atoms with Crippen molar-refractivity contribution in [3.8, 4) is 0 Å². The number of benzene rings is 2. The van der Waals surface area contributed by atoms with Crippen molar-refractivity contribution in [3.63, 3.8) is 0 Å². The highest BCUT2D eigenvalue weighted by molar-refractivity contribution is 7.20. The van der Waals surface area contributed by atoms with Crippen LogP contribution in [0.25, 0.3) is 15.7 Å². The van der Waals surface area contributed by atoms with Crippen molar-refractivity contribution in [2.24, 2.45) is 0 Å². The van der Waals surface area contributed by atoms with E-state index in [0.29, 0.717) is 11.6 Å². The monoisotopic (exact) mass is 342 g/mol. The maximum Gasteiger partial charge on any atom is 0.331 e. The van der Waals surface area contributed by atoms with Gasteiger partial charge in [0, 0.05) is 26.2 Å². The molecule has 0 saturated carbocycles. The van der Waals surface area contributed by atoms with Gasteiger partial charge < -0.3 is 4.74 Å². The predicted octanol–water partition coefficient (Wildman–Crippen LogP) is 5.55. The summed E-state index contributed by atoms with van der Waals surface area (Å²) < 4.78 is 6.21. The first-order valence-electron chi connectivity index (χ1n) is 7.30. The van der Waals surface area contributed by atoms with E-state index in [4.69, 9.17) is 16.3 Å². The maximum absolute atomic E-state index is 12.0. The summed E-state index contributed by atoms with van der Waals surface area (Å²) in [6.07, 6.45) is 1.56. The molecule has 0 atom stereocenters. The van der Waals surface area contributed by atoms with Gasteiger partial charge in [0.05, 0.1) is 6.61 Å². The first-order valence-corrected chi connectivity index (χ1v) is 8.50. The second-order valence-corrected chi connectivity index (χ2v) is 6.49. The first-order chi connectivity index (χ1) is 11.2. The molecule has 3 aromatic rings. The van der Waals surface area contributed by atoms with Crippen molar-refractivity contribution in [1.82, 2.24) is 0 Å². The van der Waals surface area contributed by atoms with Crippen molar-refractivity contribution in [1.29, 1.82) is 0 Å². The molecule has 0 bridgehead atoms. The Morgan fingerprint density at radius 2 is 1.96 bits per heavy atom. The van der Waals surface area contributed by atoms with E-state index in [1.807, 2.05) is 48.5 Å². The molecule has 0 fully saturated rings. The van der Waals surface area contributed by atoms with Gasteiger partial charge in [-0.3, -0.25) is 0 Å². The number of hydrogen-bond acceptors (Lipinski definition) is 3. The standard InChI is InChI=1S/C19H15ClO2S/c1-2-22-19(21)12-16(13-6-4-3-5-7-13)18-11-14-10-15(20)8-9-17(14)23-18/h3-12H,2H2,1H3. The molecule has 116 valence electrons. The Balaban J connectivity index is 2.11. The Morgan fingerprint density at radius 1 is 1.17 bits per heavy atom. The van der Waals surface area contributed by atoms with Gasteiger partial charge in [-0.05, 0) is 42.1 Å². The van der Waals surface area contributed by atoms with E-state index in [-0.39, 0.29) is 5.97 Å². The molecule has 0 aliphatic carbocycles. The van der Waals surface area contributed by atoms with Crippen LogP contribution in [0.4, 0.5) is 0 Å². The van der Waals surface area contributed by atoms with Gasteiger partial charge in [0.1, 0.15) is 0 Å². The average Bonchev–Trinajstić information content (AvgIpc) is 2.96. The highest BCUT2D eigenvalue weighted by atomic mass is 35.5. The lowest BCUT2D eigenvalue weighted by atomic mass is 10.0. The van der Waals surface area contributed by atoms with Gasteiger partial charge in [0.2, 0.25) is 0 Å². The topological polar surface area (TPSA) is 26.3 Å². The summed E-state index contributed by atoms with van der Waals surface area (Å²) in [5, 5.41) is 1.78. The molecule has 2 aromatic carbocycles. The lowest BCUT2D eigenvalue weighted by Crippen LogP contribution is -2.01. The second kappa shape index (κ2) is 6.99. The van der Waals surface area contributed by atoms with Crippen LogP contribution in [0.5, 0.6) is 0 Å². The van der Waals surface area contributed by atoms with Gasteiger partial charge in [-0.15, -0.1) is 11.3 Å². The van der Waals surface area contributed by atoms with Crippen LogP contribution in [0.15, 0.2) is 60.7 Å². The van der Waals surface area contributed by atoms with Gasteiger partial charge >= 0.3 is 5.97 Å². The highest BCUT2D eigenvalue weighted by Crippen LogP contribution is 2.35. The summed E-state index contributed by atoms with van der Waals surface area (Å²) in [4.78, 5) is 13.0. The predicted molar refractivity (Wildman–Crippen MR) is 97.0 cm³/mol.